The summed E-state index contributed by atoms with van der Waals surface area (Å²) in [6.45, 7) is 0.0178. The maximum Gasteiger partial charge on any atom is 0.253 e. The highest BCUT2D eigenvalue weighted by molar-refractivity contribution is 6.33. The number of ether oxygens (including phenoxy) is 3. The molecule has 0 saturated heterocycles. The molecule has 0 spiro atoms. The Morgan fingerprint density at radius 3 is 2.19 bits per heavy atom. The van der Waals surface area contributed by atoms with Gasteiger partial charge in [-0.15, -0.1) is 0 Å². The molecule has 27 heavy (non-hydrogen) atoms. The van der Waals surface area contributed by atoms with Crippen LogP contribution in [0.1, 0.15) is 15.9 Å². The summed E-state index contributed by atoms with van der Waals surface area (Å²) in [6, 6.07) is 10.0. The van der Waals surface area contributed by atoms with Crippen LogP contribution < -0.4 is 24.8 Å². The highest BCUT2D eigenvalue weighted by Crippen LogP contribution is 2.34. The van der Waals surface area contributed by atoms with Crippen LogP contribution >= 0.6 is 11.6 Å². The maximum atomic E-state index is 12.1. The van der Waals surface area contributed by atoms with Crippen LogP contribution in [-0.4, -0.2) is 39.7 Å². The molecule has 0 heterocycles. The molecule has 0 fully saturated rings. The van der Waals surface area contributed by atoms with Gasteiger partial charge >= 0.3 is 0 Å². The number of carbonyl (C=O) groups excluding carboxylic acids is 2. The molecule has 0 aliphatic heterocycles. The number of amides is 2. The molecule has 144 valence electrons. The summed E-state index contributed by atoms with van der Waals surface area (Å²) in [5.41, 5.74) is 1.02. The molecule has 0 unspecified atom stereocenters. The van der Waals surface area contributed by atoms with Crippen molar-refractivity contribution in [3.63, 3.8) is 0 Å². The standard InChI is InChI=1S/C19H21ClN2O5/c1-25-15-9-17(27-3)16(26-2)8-12(15)10-21-18(23)11-22-19(24)13-6-4-5-7-14(13)20/h4-9H,10-11H2,1-3H3,(H,21,23)(H,22,24). The number of halogens is 1. The molecule has 0 radical (unpaired) electrons. The lowest BCUT2D eigenvalue weighted by Crippen LogP contribution is -2.36. The first kappa shape index (κ1) is 20.4. The first-order valence-corrected chi connectivity index (χ1v) is 8.46. The molecule has 0 aliphatic rings. The second-order valence-corrected chi connectivity index (χ2v) is 5.87. The third-order valence-corrected chi connectivity index (χ3v) is 4.12. The minimum Gasteiger partial charge on any atom is -0.496 e. The number of benzene rings is 2. The third kappa shape index (κ3) is 5.27. The van der Waals surface area contributed by atoms with Crippen molar-refractivity contribution in [3.8, 4) is 17.2 Å². The molecular weight excluding hydrogens is 372 g/mol. The van der Waals surface area contributed by atoms with Crippen molar-refractivity contribution < 1.29 is 23.8 Å². The Morgan fingerprint density at radius 2 is 1.56 bits per heavy atom. The Bertz CT molecular complexity index is 826. The number of rotatable bonds is 8. The zero-order valence-corrected chi connectivity index (χ0v) is 16.1. The van der Waals surface area contributed by atoms with E-state index in [1.165, 1.54) is 21.3 Å². The summed E-state index contributed by atoms with van der Waals surface area (Å²) in [4.78, 5) is 24.1. The van der Waals surface area contributed by atoms with Crippen LogP contribution in [0.15, 0.2) is 36.4 Å². The summed E-state index contributed by atoms with van der Waals surface area (Å²) >= 11 is 5.96. The van der Waals surface area contributed by atoms with Crippen LogP contribution in [0.25, 0.3) is 0 Å². The van der Waals surface area contributed by atoms with Crippen molar-refractivity contribution in [1.29, 1.82) is 0 Å². The van der Waals surface area contributed by atoms with Gasteiger partial charge in [-0.25, -0.2) is 0 Å². The molecule has 2 amide bonds. The third-order valence-electron chi connectivity index (χ3n) is 3.79. The normalized spacial score (nSPS) is 10.1. The lowest BCUT2D eigenvalue weighted by Gasteiger charge is -2.14. The van der Waals surface area contributed by atoms with E-state index in [1.807, 2.05) is 0 Å². The van der Waals surface area contributed by atoms with Crippen LogP contribution in [0.5, 0.6) is 17.2 Å². The van der Waals surface area contributed by atoms with Gasteiger partial charge < -0.3 is 24.8 Å². The minimum atomic E-state index is -0.417. The maximum absolute atomic E-state index is 12.1. The zero-order valence-electron chi connectivity index (χ0n) is 15.3. The van der Waals surface area contributed by atoms with E-state index in [-0.39, 0.29) is 19.0 Å². The highest BCUT2D eigenvalue weighted by atomic mass is 35.5. The molecule has 0 aliphatic carbocycles. The Balaban J connectivity index is 1.95. The first-order valence-electron chi connectivity index (χ1n) is 8.08. The summed E-state index contributed by atoms with van der Waals surface area (Å²) in [6.07, 6.45) is 0. The van der Waals surface area contributed by atoms with Crippen LogP contribution in [0.2, 0.25) is 5.02 Å². The first-order chi connectivity index (χ1) is 13.0. The van der Waals surface area contributed by atoms with Crippen molar-refractivity contribution in [3.05, 3.63) is 52.5 Å². The molecule has 0 saturated carbocycles. The molecule has 7 nitrogen and oxygen atoms in total. The van der Waals surface area contributed by atoms with E-state index in [1.54, 1.807) is 36.4 Å². The second kappa shape index (κ2) is 9.68. The monoisotopic (exact) mass is 392 g/mol. The number of carbonyl (C=O) groups is 2. The second-order valence-electron chi connectivity index (χ2n) is 5.46. The van der Waals surface area contributed by atoms with E-state index in [4.69, 9.17) is 25.8 Å². The fraction of sp³-hybridized carbons (Fsp3) is 0.263. The summed E-state index contributed by atoms with van der Waals surface area (Å²) in [5, 5.41) is 5.58. The lowest BCUT2D eigenvalue weighted by atomic mass is 10.1. The lowest BCUT2D eigenvalue weighted by molar-refractivity contribution is -0.120. The van der Waals surface area contributed by atoms with E-state index in [2.05, 4.69) is 10.6 Å². The SMILES string of the molecule is COc1cc(OC)c(OC)cc1CNC(=O)CNC(=O)c1ccccc1Cl. The Labute approximate surface area is 162 Å². The molecule has 2 N–H and O–H groups in total. The number of hydrogen-bond donors (Lipinski definition) is 2. The van der Waals surface area contributed by atoms with Gasteiger partial charge in [-0.05, 0) is 18.2 Å². The molecule has 2 aromatic carbocycles. The molecule has 2 rings (SSSR count). The molecular formula is C19H21ClN2O5. The zero-order chi connectivity index (χ0) is 19.8. The van der Waals surface area contributed by atoms with Gasteiger partial charge in [-0.1, -0.05) is 23.7 Å². The molecule has 0 atom stereocenters. The van der Waals surface area contributed by atoms with Gasteiger partial charge in [0.2, 0.25) is 5.91 Å². The minimum absolute atomic E-state index is 0.181. The fourth-order valence-corrected chi connectivity index (χ4v) is 2.61. The molecule has 0 bridgehead atoms. The van der Waals surface area contributed by atoms with E-state index < -0.39 is 5.91 Å². The fourth-order valence-electron chi connectivity index (χ4n) is 2.39. The van der Waals surface area contributed by atoms with Crippen LogP contribution in [0.3, 0.4) is 0 Å². The van der Waals surface area contributed by atoms with Gasteiger partial charge in [0.15, 0.2) is 11.5 Å². The van der Waals surface area contributed by atoms with Gasteiger partial charge in [0.05, 0.1) is 38.5 Å². The molecule has 8 heteroatoms. The summed E-state index contributed by atoms with van der Waals surface area (Å²) in [7, 11) is 4.58. The highest BCUT2D eigenvalue weighted by Gasteiger charge is 2.14. The largest absolute Gasteiger partial charge is 0.496 e. The van der Waals surface area contributed by atoms with Crippen molar-refractivity contribution in [2.45, 2.75) is 6.54 Å². The van der Waals surface area contributed by atoms with E-state index in [0.717, 1.165) is 0 Å². The number of methoxy groups -OCH3 is 3. The van der Waals surface area contributed by atoms with Gasteiger partial charge in [0.1, 0.15) is 5.75 Å². The van der Waals surface area contributed by atoms with Crippen molar-refractivity contribution in [2.24, 2.45) is 0 Å². The average molecular weight is 393 g/mol. The van der Waals surface area contributed by atoms with E-state index >= 15 is 0 Å². The predicted octanol–water partition coefficient (Wildman–Crippen LogP) is 2.41. The van der Waals surface area contributed by atoms with Crippen LogP contribution in [0.4, 0.5) is 0 Å². The quantitative estimate of drug-likeness (QED) is 0.720. The Morgan fingerprint density at radius 1 is 0.926 bits per heavy atom. The Kier molecular flexibility index (Phi) is 7.31. The summed E-state index contributed by atoms with van der Waals surface area (Å²) < 4.78 is 15.8. The Hall–Kier alpha value is -2.93. The average Bonchev–Trinajstić information content (AvgIpc) is 2.69. The topological polar surface area (TPSA) is 85.9 Å². The number of nitrogens with one attached hydrogen (secondary N) is 2. The summed E-state index contributed by atoms with van der Waals surface area (Å²) in [5.74, 6) is 0.825. The number of hydrogen-bond acceptors (Lipinski definition) is 5. The van der Waals surface area contributed by atoms with Gasteiger partial charge in [0, 0.05) is 18.2 Å². The smallest absolute Gasteiger partial charge is 0.253 e. The van der Waals surface area contributed by atoms with Crippen molar-refractivity contribution in [2.75, 3.05) is 27.9 Å². The van der Waals surface area contributed by atoms with Crippen molar-refractivity contribution in [1.82, 2.24) is 10.6 Å². The van der Waals surface area contributed by atoms with Gasteiger partial charge in [0.25, 0.3) is 5.91 Å². The van der Waals surface area contributed by atoms with Gasteiger partial charge in [-0.2, -0.15) is 0 Å². The molecule has 0 aromatic heterocycles. The van der Waals surface area contributed by atoms with Crippen molar-refractivity contribution >= 4 is 23.4 Å². The van der Waals surface area contributed by atoms with Crippen LogP contribution in [0, 0.1) is 0 Å². The van der Waals surface area contributed by atoms with E-state index in [9.17, 15) is 9.59 Å². The predicted molar refractivity (Wildman–Crippen MR) is 102 cm³/mol. The van der Waals surface area contributed by atoms with Crippen LogP contribution in [-0.2, 0) is 11.3 Å². The van der Waals surface area contributed by atoms with Gasteiger partial charge in [-0.3, -0.25) is 9.59 Å². The molecule has 2 aromatic rings. The van der Waals surface area contributed by atoms with E-state index in [0.29, 0.717) is 33.4 Å².